The van der Waals surface area contributed by atoms with E-state index in [1.807, 2.05) is 0 Å². The Morgan fingerprint density at radius 1 is 1.37 bits per heavy atom. The normalized spacial score (nSPS) is 13.3. The number of rotatable bonds is 5. The van der Waals surface area contributed by atoms with Crippen LogP contribution in [0.3, 0.4) is 0 Å². The third kappa shape index (κ3) is 3.60. The molecule has 5 nitrogen and oxygen atoms in total. The maximum absolute atomic E-state index is 12.1. The molecule has 106 valence electrons. The largest absolute Gasteiger partial charge is 0.478 e. The van der Waals surface area contributed by atoms with Crippen molar-refractivity contribution in [2.45, 2.75) is 11.8 Å². The van der Waals surface area contributed by atoms with Crippen molar-refractivity contribution in [3.05, 3.63) is 27.7 Å². The minimum absolute atomic E-state index is 0.133. The van der Waals surface area contributed by atoms with Gasteiger partial charge in [-0.2, -0.15) is 0 Å². The summed E-state index contributed by atoms with van der Waals surface area (Å²) >= 11 is 11.5. The fourth-order valence-electron chi connectivity index (χ4n) is 1.49. The van der Waals surface area contributed by atoms with Crippen LogP contribution in [0.15, 0.2) is 17.0 Å². The van der Waals surface area contributed by atoms with E-state index >= 15 is 0 Å². The molecule has 0 amide bonds. The van der Waals surface area contributed by atoms with Gasteiger partial charge >= 0.3 is 5.97 Å². The highest BCUT2D eigenvalue weighted by atomic mass is 35.5. The van der Waals surface area contributed by atoms with Crippen molar-refractivity contribution in [1.29, 1.82) is 0 Å². The first-order chi connectivity index (χ1) is 8.70. The van der Waals surface area contributed by atoms with Crippen LogP contribution in [0, 0.1) is 5.92 Å². The molecule has 1 unspecified atom stereocenters. The van der Waals surface area contributed by atoms with E-state index in [0.717, 1.165) is 6.07 Å². The summed E-state index contributed by atoms with van der Waals surface area (Å²) in [5.41, 5.74) is -0.443. The molecule has 0 aliphatic heterocycles. The van der Waals surface area contributed by atoms with Gasteiger partial charge in [0, 0.05) is 6.61 Å². The molecule has 0 saturated carbocycles. The summed E-state index contributed by atoms with van der Waals surface area (Å²) in [5, 5.41) is 17.3. The molecule has 0 fully saturated rings. The van der Waals surface area contributed by atoms with Crippen molar-refractivity contribution in [3.63, 3.8) is 0 Å². The van der Waals surface area contributed by atoms with Gasteiger partial charge < -0.3 is 10.2 Å². The van der Waals surface area contributed by atoms with Crippen molar-refractivity contribution in [2.75, 3.05) is 12.4 Å². The summed E-state index contributed by atoms with van der Waals surface area (Å²) in [6, 6.07) is 2.34. The first kappa shape index (κ1) is 16.2. The van der Waals surface area contributed by atoms with E-state index in [9.17, 15) is 13.2 Å². The Morgan fingerprint density at radius 2 is 1.95 bits per heavy atom. The molecule has 0 bridgehead atoms. The number of hydrogen-bond donors (Lipinski definition) is 2. The third-order valence-corrected chi connectivity index (χ3v) is 5.26. The molecule has 0 aromatic heterocycles. The quantitative estimate of drug-likeness (QED) is 0.864. The molecule has 1 rings (SSSR count). The van der Waals surface area contributed by atoms with Crippen molar-refractivity contribution in [2.24, 2.45) is 5.92 Å². The van der Waals surface area contributed by atoms with Gasteiger partial charge in [-0.15, -0.1) is 0 Å². The summed E-state index contributed by atoms with van der Waals surface area (Å²) in [5.74, 6) is -2.21. The smallest absolute Gasteiger partial charge is 0.338 e. The summed E-state index contributed by atoms with van der Waals surface area (Å²) in [6.45, 7) is 1.26. The minimum Gasteiger partial charge on any atom is -0.478 e. The van der Waals surface area contributed by atoms with Crippen LogP contribution in [-0.4, -0.2) is 37.0 Å². The standard InChI is InChI=1S/C11H12Cl2O5S/c1-6(4-14)5-19(17,18)8-3-2-7(12)9(10(8)13)11(15)16/h2-3,6,14H,4-5H2,1H3,(H,15,16). The van der Waals surface area contributed by atoms with Crippen LogP contribution in [-0.2, 0) is 9.84 Å². The summed E-state index contributed by atoms with van der Waals surface area (Å²) in [6.07, 6.45) is 0. The van der Waals surface area contributed by atoms with Crippen LogP contribution in [0.2, 0.25) is 10.0 Å². The van der Waals surface area contributed by atoms with E-state index in [0.29, 0.717) is 0 Å². The number of carbonyl (C=O) groups is 1. The van der Waals surface area contributed by atoms with Gasteiger partial charge in [-0.1, -0.05) is 30.1 Å². The van der Waals surface area contributed by atoms with Gasteiger partial charge in [0.1, 0.15) is 0 Å². The van der Waals surface area contributed by atoms with Crippen molar-refractivity contribution >= 4 is 39.0 Å². The van der Waals surface area contributed by atoms with Crippen molar-refractivity contribution < 1.29 is 23.4 Å². The zero-order valence-corrected chi connectivity index (χ0v) is 12.3. The highest BCUT2D eigenvalue weighted by Crippen LogP contribution is 2.32. The van der Waals surface area contributed by atoms with E-state index in [1.165, 1.54) is 6.07 Å². The molecule has 0 radical (unpaired) electrons. The van der Waals surface area contributed by atoms with Crippen LogP contribution in [0.1, 0.15) is 17.3 Å². The Morgan fingerprint density at radius 3 is 2.42 bits per heavy atom. The van der Waals surface area contributed by atoms with E-state index in [-0.39, 0.29) is 22.3 Å². The molecule has 1 atom stereocenters. The van der Waals surface area contributed by atoms with E-state index in [1.54, 1.807) is 6.92 Å². The predicted molar refractivity (Wildman–Crippen MR) is 71.7 cm³/mol. The highest BCUT2D eigenvalue weighted by molar-refractivity contribution is 7.91. The average molecular weight is 327 g/mol. The Kier molecular flexibility index (Phi) is 5.20. The molecule has 1 aromatic carbocycles. The molecular formula is C11H12Cl2O5S. The van der Waals surface area contributed by atoms with Gasteiger partial charge in [-0.05, 0) is 18.1 Å². The number of aliphatic hydroxyl groups excluding tert-OH is 1. The summed E-state index contributed by atoms with van der Waals surface area (Å²) in [4.78, 5) is 10.7. The van der Waals surface area contributed by atoms with Crippen LogP contribution < -0.4 is 0 Å². The number of carboxylic acid groups (broad SMARTS) is 1. The monoisotopic (exact) mass is 326 g/mol. The van der Waals surface area contributed by atoms with Gasteiger partial charge in [0.2, 0.25) is 0 Å². The van der Waals surface area contributed by atoms with E-state index in [2.05, 4.69) is 0 Å². The molecule has 0 saturated heterocycles. The van der Waals surface area contributed by atoms with Crippen LogP contribution in [0.4, 0.5) is 0 Å². The van der Waals surface area contributed by atoms with Gasteiger partial charge in [-0.25, -0.2) is 13.2 Å². The molecule has 2 N–H and O–H groups in total. The first-order valence-corrected chi connectivity index (χ1v) is 7.66. The maximum Gasteiger partial charge on any atom is 0.338 e. The number of sulfone groups is 1. The maximum atomic E-state index is 12.1. The molecule has 0 heterocycles. The van der Waals surface area contributed by atoms with Crippen LogP contribution in [0.5, 0.6) is 0 Å². The Balaban J connectivity index is 3.37. The lowest BCUT2D eigenvalue weighted by Gasteiger charge is -2.12. The number of carboxylic acids is 1. The first-order valence-electron chi connectivity index (χ1n) is 5.25. The Labute approximate surface area is 120 Å². The number of aliphatic hydroxyl groups is 1. The SMILES string of the molecule is CC(CO)CS(=O)(=O)c1ccc(Cl)c(C(=O)O)c1Cl. The zero-order valence-electron chi connectivity index (χ0n) is 9.93. The molecule has 0 aliphatic carbocycles. The number of halogens is 2. The van der Waals surface area contributed by atoms with Crippen LogP contribution in [0.25, 0.3) is 0 Å². The molecule has 19 heavy (non-hydrogen) atoms. The second-order valence-electron chi connectivity index (χ2n) is 4.11. The number of aromatic carboxylic acids is 1. The second kappa shape index (κ2) is 6.09. The average Bonchev–Trinajstić information content (AvgIpc) is 2.27. The van der Waals surface area contributed by atoms with Gasteiger partial charge in [-0.3, -0.25) is 0 Å². The molecular weight excluding hydrogens is 315 g/mol. The fraction of sp³-hybridized carbons (Fsp3) is 0.364. The zero-order chi connectivity index (χ0) is 14.8. The van der Waals surface area contributed by atoms with E-state index in [4.69, 9.17) is 33.4 Å². The topological polar surface area (TPSA) is 91.7 Å². The predicted octanol–water partition coefficient (Wildman–Crippen LogP) is 2.09. The molecule has 0 spiro atoms. The lowest BCUT2D eigenvalue weighted by molar-refractivity contribution is 0.0697. The van der Waals surface area contributed by atoms with E-state index < -0.39 is 32.3 Å². The highest BCUT2D eigenvalue weighted by Gasteiger charge is 2.26. The summed E-state index contributed by atoms with van der Waals surface area (Å²) in [7, 11) is -3.79. The Hall–Kier alpha value is -0.820. The molecule has 1 aromatic rings. The second-order valence-corrected chi connectivity index (χ2v) is 6.90. The molecule has 0 aliphatic rings. The Bertz CT molecular complexity index is 597. The van der Waals surface area contributed by atoms with Crippen LogP contribution >= 0.6 is 23.2 Å². The third-order valence-electron chi connectivity index (χ3n) is 2.42. The minimum atomic E-state index is -3.79. The lowest BCUT2D eigenvalue weighted by Crippen LogP contribution is -2.18. The van der Waals surface area contributed by atoms with Crippen molar-refractivity contribution in [1.82, 2.24) is 0 Å². The number of benzene rings is 1. The number of hydrogen-bond acceptors (Lipinski definition) is 4. The fourth-order valence-corrected chi connectivity index (χ4v) is 4.06. The summed E-state index contributed by atoms with van der Waals surface area (Å²) < 4.78 is 24.2. The van der Waals surface area contributed by atoms with Crippen molar-refractivity contribution in [3.8, 4) is 0 Å². The lowest BCUT2D eigenvalue weighted by atomic mass is 10.2. The van der Waals surface area contributed by atoms with Gasteiger partial charge in [0.25, 0.3) is 0 Å². The molecule has 8 heteroatoms. The van der Waals surface area contributed by atoms with Gasteiger partial charge in [0.05, 0.1) is 26.3 Å². The van der Waals surface area contributed by atoms with Gasteiger partial charge in [0.15, 0.2) is 9.84 Å².